The van der Waals surface area contributed by atoms with Gasteiger partial charge in [0.2, 0.25) is 0 Å². The van der Waals surface area contributed by atoms with Gasteiger partial charge in [0, 0.05) is 11.3 Å². The smallest absolute Gasteiger partial charge is 0.165 e. The number of nitrogens with one attached hydrogen (secondary N) is 1. The van der Waals surface area contributed by atoms with Gasteiger partial charge in [-0.25, -0.2) is 15.8 Å². The molecule has 0 unspecified atom stereocenters. The van der Waals surface area contributed by atoms with Gasteiger partial charge in [-0.3, -0.25) is 0 Å². The third-order valence-corrected chi connectivity index (χ3v) is 3.10. The van der Waals surface area contributed by atoms with Crippen LogP contribution in [0.15, 0.2) is 23.0 Å². The number of nitrogens with zero attached hydrogens (tertiary/aromatic N) is 2. The molecule has 3 rings (SSSR count). The lowest BCUT2D eigenvalue weighted by Crippen LogP contribution is -2.17. The second kappa shape index (κ2) is 4.18. The summed E-state index contributed by atoms with van der Waals surface area (Å²) in [7, 11) is 0. The highest BCUT2D eigenvalue weighted by Gasteiger charge is 2.18. The van der Waals surface area contributed by atoms with Crippen molar-refractivity contribution in [2.75, 3.05) is 5.43 Å². The van der Waals surface area contributed by atoms with Gasteiger partial charge in [0.25, 0.3) is 0 Å². The largest absolute Gasteiger partial charge is 0.472 e. The summed E-state index contributed by atoms with van der Waals surface area (Å²) in [6.07, 6.45) is 7.62. The predicted molar refractivity (Wildman–Crippen MR) is 64.2 cm³/mol. The van der Waals surface area contributed by atoms with E-state index >= 15 is 0 Å². The molecular formula is C12H14N4O. The van der Waals surface area contributed by atoms with E-state index in [1.165, 1.54) is 12.8 Å². The SMILES string of the molecule is NNc1nc(-c2ccoc2)nc2c1CCCC2. The number of nitrogen functional groups attached to an aromatic ring is 1. The van der Waals surface area contributed by atoms with Gasteiger partial charge in [0.15, 0.2) is 5.82 Å². The number of hydrogen-bond donors (Lipinski definition) is 2. The Morgan fingerprint density at radius 3 is 2.88 bits per heavy atom. The van der Waals surface area contributed by atoms with Crippen molar-refractivity contribution >= 4 is 5.82 Å². The molecule has 0 amide bonds. The highest BCUT2D eigenvalue weighted by Crippen LogP contribution is 2.27. The van der Waals surface area contributed by atoms with E-state index in [1.807, 2.05) is 6.07 Å². The second-order valence-electron chi connectivity index (χ2n) is 4.18. The average molecular weight is 230 g/mol. The molecule has 5 nitrogen and oxygen atoms in total. The summed E-state index contributed by atoms with van der Waals surface area (Å²) in [6, 6.07) is 1.85. The van der Waals surface area contributed by atoms with Gasteiger partial charge in [-0.15, -0.1) is 0 Å². The van der Waals surface area contributed by atoms with E-state index in [0.29, 0.717) is 5.82 Å². The maximum Gasteiger partial charge on any atom is 0.165 e. The van der Waals surface area contributed by atoms with Crippen molar-refractivity contribution in [1.82, 2.24) is 9.97 Å². The van der Waals surface area contributed by atoms with Crippen LogP contribution in [0.5, 0.6) is 0 Å². The standard InChI is InChI=1S/C12H14N4O/c13-16-12-9-3-1-2-4-10(9)14-11(15-12)8-5-6-17-7-8/h5-7H,1-4,13H2,(H,14,15,16). The van der Waals surface area contributed by atoms with E-state index in [-0.39, 0.29) is 0 Å². The first-order valence-electron chi connectivity index (χ1n) is 5.77. The first-order valence-corrected chi connectivity index (χ1v) is 5.77. The Morgan fingerprint density at radius 1 is 1.24 bits per heavy atom. The number of anilines is 1. The molecule has 3 N–H and O–H groups in total. The van der Waals surface area contributed by atoms with E-state index in [4.69, 9.17) is 10.3 Å². The molecule has 0 saturated carbocycles. The zero-order valence-corrected chi connectivity index (χ0v) is 9.44. The van der Waals surface area contributed by atoms with Gasteiger partial charge in [0.05, 0.1) is 11.8 Å². The number of fused-ring (bicyclic) bond motifs is 1. The lowest BCUT2D eigenvalue weighted by atomic mass is 9.96. The Hall–Kier alpha value is -1.88. The predicted octanol–water partition coefficient (Wildman–Crippen LogP) is 1.90. The first kappa shape index (κ1) is 10.3. The van der Waals surface area contributed by atoms with Crippen LogP contribution in [0, 0.1) is 0 Å². The van der Waals surface area contributed by atoms with Crippen LogP contribution in [0.4, 0.5) is 5.82 Å². The zero-order chi connectivity index (χ0) is 11.7. The zero-order valence-electron chi connectivity index (χ0n) is 9.44. The molecule has 5 heteroatoms. The Bertz CT molecular complexity index is 504. The van der Waals surface area contributed by atoms with Gasteiger partial charge in [-0.2, -0.15) is 0 Å². The lowest BCUT2D eigenvalue weighted by Gasteiger charge is -2.18. The van der Waals surface area contributed by atoms with Gasteiger partial charge >= 0.3 is 0 Å². The Labute approximate surface area is 99.0 Å². The summed E-state index contributed by atoms with van der Waals surface area (Å²) in [4.78, 5) is 9.04. The molecule has 0 radical (unpaired) electrons. The van der Waals surface area contributed by atoms with Crippen molar-refractivity contribution in [1.29, 1.82) is 0 Å². The van der Waals surface area contributed by atoms with Gasteiger partial charge < -0.3 is 9.84 Å². The van der Waals surface area contributed by atoms with Crippen molar-refractivity contribution in [2.24, 2.45) is 5.84 Å². The van der Waals surface area contributed by atoms with Crippen LogP contribution in [-0.2, 0) is 12.8 Å². The minimum absolute atomic E-state index is 0.673. The molecule has 1 aliphatic rings. The molecule has 0 bridgehead atoms. The van der Waals surface area contributed by atoms with Crippen LogP contribution in [0.25, 0.3) is 11.4 Å². The van der Waals surface area contributed by atoms with E-state index < -0.39 is 0 Å². The number of aryl methyl sites for hydroxylation is 1. The molecule has 88 valence electrons. The molecule has 1 aliphatic carbocycles. The number of aromatic nitrogens is 2. The van der Waals surface area contributed by atoms with Gasteiger partial charge in [0.1, 0.15) is 12.1 Å². The summed E-state index contributed by atoms with van der Waals surface area (Å²) >= 11 is 0. The van der Waals surface area contributed by atoms with Crippen molar-refractivity contribution in [3.05, 3.63) is 29.9 Å². The third-order valence-electron chi connectivity index (χ3n) is 3.10. The summed E-state index contributed by atoms with van der Waals surface area (Å²) in [5, 5.41) is 0. The molecule has 2 aromatic rings. The van der Waals surface area contributed by atoms with E-state index in [2.05, 4.69) is 15.4 Å². The first-order chi connectivity index (χ1) is 8.38. The molecular weight excluding hydrogens is 216 g/mol. The van der Waals surface area contributed by atoms with Crippen LogP contribution in [-0.4, -0.2) is 9.97 Å². The fourth-order valence-corrected chi connectivity index (χ4v) is 2.23. The number of nitrogens with two attached hydrogens (primary N) is 1. The normalized spacial score (nSPS) is 14.4. The molecule has 0 aliphatic heterocycles. The maximum absolute atomic E-state index is 5.53. The van der Waals surface area contributed by atoms with Crippen molar-refractivity contribution in [2.45, 2.75) is 25.7 Å². The molecule has 0 atom stereocenters. The summed E-state index contributed by atoms with van der Waals surface area (Å²) in [5.41, 5.74) is 5.83. The quantitative estimate of drug-likeness (QED) is 0.608. The Morgan fingerprint density at radius 2 is 2.12 bits per heavy atom. The number of hydrogen-bond acceptors (Lipinski definition) is 5. The molecule has 17 heavy (non-hydrogen) atoms. The van der Waals surface area contributed by atoms with Crippen LogP contribution < -0.4 is 11.3 Å². The van der Waals surface area contributed by atoms with Crippen LogP contribution in [0.2, 0.25) is 0 Å². The van der Waals surface area contributed by atoms with Gasteiger partial charge in [-0.05, 0) is 31.7 Å². The van der Waals surface area contributed by atoms with Gasteiger partial charge in [-0.1, -0.05) is 0 Å². The molecule has 0 saturated heterocycles. The average Bonchev–Trinajstić information content (AvgIpc) is 2.91. The number of hydrazine groups is 1. The van der Waals surface area contributed by atoms with Crippen LogP contribution >= 0.6 is 0 Å². The minimum atomic E-state index is 0.673. The molecule has 0 aromatic carbocycles. The number of furan rings is 1. The maximum atomic E-state index is 5.53. The Balaban J connectivity index is 2.12. The Kier molecular flexibility index (Phi) is 2.53. The van der Waals surface area contributed by atoms with E-state index in [1.54, 1.807) is 12.5 Å². The topological polar surface area (TPSA) is 77.0 Å². The summed E-state index contributed by atoms with van der Waals surface area (Å²) in [5.74, 6) is 6.95. The molecule has 0 fully saturated rings. The molecule has 0 spiro atoms. The minimum Gasteiger partial charge on any atom is -0.472 e. The van der Waals surface area contributed by atoms with E-state index in [9.17, 15) is 0 Å². The highest BCUT2D eigenvalue weighted by molar-refractivity contribution is 5.58. The van der Waals surface area contributed by atoms with Crippen molar-refractivity contribution in [3.8, 4) is 11.4 Å². The summed E-state index contributed by atoms with van der Waals surface area (Å²) in [6.45, 7) is 0. The summed E-state index contributed by atoms with van der Waals surface area (Å²) < 4.78 is 5.05. The second-order valence-corrected chi connectivity index (χ2v) is 4.18. The van der Waals surface area contributed by atoms with Crippen molar-refractivity contribution in [3.63, 3.8) is 0 Å². The molecule has 2 aromatic heterocycles. The number of rotatable bonds is 2. The third kappa shape index (κ3) is 1.78. The van der Waals surface area contributed by atoms with Crippen LogP contribution in [0.3, 0.4) is 0 Å². The highest BCUT2D eigenvalue weighted by atomic mass is 16.3. The fraction of sp³-hybridized carbons (Fsp3) is 0.333. The molecule has 2 heterocycles. The van der Waals surface area contributed by atoms with Crippen molar-refractivity contribution < 1.29 is 4.42 Å². The van der Waals surface area contributed by atoms with Crippen LogP contribution in [0.1, 0.15) is 24.1 Å². The van der Waals surface area contributed by atoms with E-state index in [0.717, 1.165) is 35.5 Å². The lowest BCUT2D eigenvalue weighted by molar-refractivity contribution is 0.568. The monoisotopic (exact) mass is 230 g/mol. The fourth-order valence-electron chi connectivity index (χ4n) is 2.23.